The third kappa shape index (κ3) is 17.2. The molecule has 2 fully saturated rings. The summed E-state index contributed by atoms with van der Waals surface area (Å²) in [5.74, 6) is -5.88. The third-order valence-electron chi connectivity index (χ3n) is 13.1. The van der Waals surface area contributed by atoms with Gasteiger partial charge in [-0.2, -0.15) is 11.8 Å². The zero-order chi connectivity index (χ0) is 52.2. The molecule has 1 aromatic carbocycles. The minimum Gasteiger partial charge on any atom is -0.394 e. The summed E-state index contributed by atoms with van der Waals surface area (Å²) in [4.78, 5) is 129. The van der Waals surface area contributed by atoms with Crippen LogP contribution in [0, 0.1) is 5.92 Å². The summed E-state index contributed by atoms with van der Waals surface area (Å²) in [5, 5.41) is 23.4. The lowest BCUT2D eigenvalue weighted by Crippen LogP contribution is -2.60. The molecule has 0 spiro atoms. The molecule has 3 rings (SSSR count). The molecule has 0 aromatic heterocycles. The molecule has 9 amide bonds. The first-order chi connectivity index (χ1) is 33.1. The fourth-order valence-corrected chi connectivity index (χ4v) is 9.22. The van der Waals surface area contributed by atoms with Gasteiger partial charge in [0.25, 0.3) is 0 Å². The number of hydrogen-bond acceptors (Lipinski definition) is 12. The van der Waals surface area contributed by atoms with Gasteiger partial charge >= 0.3 is 0 Å². The molecule has 1 aliphatic carbocycles. The van der Waals surface area contributed by atoms with Gasteiger partial charge in [0.15, 0.2) is 5.96 Å². The number of carbonyl (C=O) groups is 9. The predicted octanol–water partition coefficient (Wildman–Crippen LogP) is -1.22. The van der Waals surface area contributed by atoms with Crippen molar-refractivity contribution in [1.82, 2.24) is 41.3 Å². The molecule has 1 heterocycles. The van der Waals surface area contributed by atoms with Crippen LogP contribution in [0.15, 0.2) is 35.3 Å². The zero-order valence-electron chi connectivity index (χ0n) is 41.6. The first kappa shape index (κ1) is 58.3. The van der Waals surface area contributed by atoms with Crippen LogP contribution in [0.2, 0.25) is 0 Å². The van der Waals surface area contributed by atoms with Gasteiger partial charge < -0.3 is 63.6 Å². The number of nitrogens with zero attached hydrogens (tertiary/aromatic N) is 4. The van der Waals surface area contributed by atoms with E-state index in [1.54, 1.807) is 12.1 Å². The van der Waals surface area contributed by atoms with Crippen molar-refractivity contribution in [2.45, 2.75) is 146 Å². The Kier molecular flexibility index (Phi) is 23.9. The van der Waals surface area contributed by atoms with E-state index in [0.717, 1.165) is 42.6 Å². The summed E-state index contributed by atoms with van der Waals surface area (Å²) in [6.07, 6.45) is 8.16. The van der Waals surface area contributed by atoms with Crippen LogP contribution in [0.25, 0.3) is 0 Å². The van der Waals surface area contributed by atoms with Crippen LogP contribution in [0.3, 0.4) is 0 Å². The molecule has 70 heavy (non-hydrogen) atoms. The minimum absolute atomic E-state index is 0.0973. The van der Waals surface area contributed by atoms with Gasteiger partial charge in [-0.15, -0.1) is 0 Å². The topological polar surface area (TPSA) is 334 Å². The molecule has 0 bridgehead atoms. The first-order valence-corrected chi connectivity index (χ1v) is 25.3. The Morgan fingerprint density at radius 2 is 1.36 bits per heavy atom. The van der Waals surface area contributed by atoms with Gasteiger partial charge in [0.1, 0.15) is 48.3 Å². The number of likely N-dealkylation sites (N-methyl/N-ethyl adjacent to an activating group) is 2. The molecule has 9 atom stereocenters. The molecule has 1 unspecified atom stereocenters. The molecule has 1 saturated heterocycles. The molecule has 23 heteroatoms. The lowest BCUT2D eigenvalue weighted by molar-refractivity contribution is -0.145. The average molecular weight is 1000 g/mol. The average Bonchev–Trinajstić information content (AvgIpc) is 3.79. The SMILES string of the molecule is CSCC[C@@H](NC(=O)[C@@H](C)N(C)C(=O)[C@H](CCCN=C(N)N)NC(=O)[C@H](CC1CCCCC1)NC(C)=O)C(=O)N1CCC(c2ccccc2)[C@@H]1C(=O)N[C@@H](C)C(=O)N[C@@H](CO)C(=O)N(C)[C@@H](C)C(N)=O. The van der Waals surface area contributed by atoms with Gasteiger partial charge in [0.2, 0.25) is 53.2 Å². The summed E-state index contributed by atoms with van der Waals surface area (Å²) in [7, 11) is 2.71. The third-order valence-corrected chi connectivity index (χ3v) is 13.8. The number of aliphatic hydroxyl groups excluding tert-OH is 1. The van der Waals surface area contributed by atoms with Crippen LogP contribution in [0.5, 0.6) is 0 Å². The van der Waals surface area contributed by atoms with Crippen molar-refractivity contribution in [3.05, 3.63) is 35.9 Å². The minimum atomic E-state index is -1.46. The van der Waals surface area contributed by atoms with E-state index in [9.17, 15) is 48.3 Å². The van der Waals surface area contributed by atoms with E-state index in [1.807, 2.05) is 24.5 Å². The molecule has 390 valence electrons. The van der Waals surface area contributed by atoms with E-state index < -0.39 is 114 Å². The lowest BCUT2D eigenvalue weighted by Gasteiger charge is -2.33. The maximum Gasteiger partial charge on any atom is 0.247 e. The number of benzene rings is 1. The Balaban J connectivity index is 1.85. The number of guanidine groups is 1. The second-order valence-electron chi connectivity index (χ2n) is 18.3. The van der Waals surface area contributed by atoms with Crippen molar-refractivity contribution >= 4 is 70.9 Å². The van der Waals surface area contributed by atoms with E-state index in [0.29, 0.717) is 18.6 Å². The van der Waals surface area contributed by atoms with Gasteiger partial charge in [-0.3, -0.25) is 48.1 Å². The largest absolute Gasteiger partial charge is 0.394 e. The molecule has 12 N–H and O–H groups in total. The van der Waals surface area contributed by atoms with Crippen LogP contribution in [0.4, 0.5) is 0 Å². The van der Waals surface area contributed by atoms with Crippen molar-refractivity contribution in [3.8, 4) is 0 Å². The molecular weight excluding hydrogens is 925 g/mol. The number of nitrogens with one attached hydrogen (secondary N) is 5. The van der Waals surface area contributed by atoms with Crippen LogP contribution in [-0.2, 0) is 43.2 Å². The fraction of sp³-hybridized carbons (Fsp3) is 0.660. The highest BCUT2D eigenvalue weighted by atomic mass is 32.2. The Morgan fingerprint density at radius 1 is 0.757 bits per heavy atom. The van der Waals surface area contributed by atoms with E-state index in [-0.39, 0.29) is 44.2 Å². The lowest BCUT2D eigenvalue weighted by atomic mass is 9.84. The number of carbonyl (C=O) groups excluding carboxylic acids is 9. The molecule has 1 aromatic rings. The molecular formula is C47H76N12O10S. The van der Waals surface area contributed by atoms with Gasteiger partial charge in [-0.05, 0) is 76.4 Å². The van der Waals surface area contributed by atoms with Crippen molar-refractivity contribution in [1.29, 1.82) is 0 Å². The number of aliphatic imine (C=N–C) groups is 1. The number of nitrogens with two attached hydrogens (primary N) is 3. The number of hydrogen-bond donors (Lipinski definition) is 9. The van der Waals surface area contributed by atoms with Gasteiger partial charge in [0, 0.05) is 40.0 Å². The van der Waals surface area contributed by atoms with Crippen LogP contribution < -0.4 is 43.8 Å². The summed E-state index contributed by atoms with van der Waals surface area (Å²) in [6, 6.07) is -0.200. The maximum atomic E-state index is 14.7. The number of aliphatic hydroxyl groups is 1. The normalized spacial score (nSPS) is 18.8. The highest BCUT2D eigenvalue weighted by Gasteiger charge is 2.45. The summed E-state index contributed by atoms with van der Waals surface area (Å²) in [5.41, 5.74) is 17.1. The fourth-order valence-electron chi connectivity index (χ4n) is 8.75. The van der Waals surface area contributed by atoms with Gasteiger partial charge in [-0.1, -0.05) is 62.4 Å². The number of primary amides is 1. The van der Waals surface area contributed by atoms with E-state index in [1.165, 1.54) is 63.4 Å². The Hall–Kier alpha value is -5.97. The molecule has 1 aliphatic heterocycles. The van der Waals surface area contributed by atoms with E-state index >= 15 is 0 Å². The Labute approximate surface area is 415 Å². The first-order valence-electron chi connectivity index (χ1n) is 23.9. The molecule has 1 saturated carbocycles. The van der Waals surface area contributed by atoms with E-state index in [4.69, 9.17) is 17.2 Å². The van der Waals surface area contributed by atoms with Crippen LogP contribution in [-0.4, -0.2) is 173 Å². The second kappa shape index (κ2) is 28.6. The van der Waals surface area contributed by atoms with Crippen molar-refractivity contribution in [2.24, 2.45) is 28.1 Å². The molecule has 0 radical (unpaired) electrons. The Morgan fingerprint density at radius 3 is 1.94 bits per heavy atom. The number of likely N-dealkylation sites (tertiary alicyclic amines) is 1. The summed E-state index contributed by atoms with van der Waals surface area (Å²) < 4.78 is 0. The standard InChI is InChI=1S/C47H76N12O10S/c1-27(40(63)56-37(26-60)45(68)57(5)28(2)39(48)62)52-43(66)38-33(32-17-12-9-13-18-32)20-23-59(38)46(69)35(21-24-70-7)54-41(64)29(3)58(6)44(67)34(19-14-22-51-47(49)50)55-42(65)36(53-30(4)61)25-31-15-10-8-11-16-31/h9,12-13,17-18,27-29,31,33-38,60H,8,10-11,14-16,19-26H2,1-7H3,(H2,48,62)(H,52,66)(H,53,61)(H,54,64)(H,55,65)(H,56,63)(H4,49,50,51)/t27-,28-,29+,33?,34-,35+,36-,37-,38+/m0/s1. The Bertz CT molecular complexity index is 2000. The second-order valence-corrected chi connectivity index (χ2v) is 19.2. The maximum absolute atomic E-state index is 14.7. The van der Waals surface area contributed by atoms with Crippen molar-refractivity contribution in [2.75, 3.05) is 45.8 Å². The summed E-state index contributed by atoms with van der Waals surface area (Å²) >= 11 is 1.43. The smallest absolute Gasteiger partial charge is 0.247 e. The number of thioether (sulfide) groups is 1. The van der Waals surface area contributed by atoms with Crippen molar-refractivity contribution in [3.63, 3.8) is 0 Å². The molecule has 2 aliphatic rings. The number of amides is 9. The predicted molar refractivity (Wildman–Crippen MR) is 265 cm³/mol. The molecule has 22 nitrogen and oxygen atoms in total. The van der Waals surface area contributed by atoms with Crippen LogP contribution >= 0.6 is 11.8 Å². The van der Waals surface area contributed by atoms with Crippen LogP contribution in [0.1, 0.15) is 103 Å². The zero-order valence-corrected chi connectivity index (χ0v) is 42.4. The highest BCUT2D eigenvalue weighted by Crippen LogP contribution is 2.35. The quantitative estimate of drug-likeness (QED) is 0.0299. The van der Waals surface area contributed by atoms with Crippen molar-refractivity contribution < 1.29 is 48.3 Å². The van der Waals surface area contributed by atoms with Gasteiger partial charge in [0.05, 0.1) is 6.61 Å². The summed E-state index contributed by atoms with van der Waals surface area (Å²) in [6.45, 7) is 5.04. The highest BCUT2D eigenvalue weighted by molar-refractivity contribution is 7.98. The van der Waals surface area contributed by atoms with E-state index in [2.05, 4.69) is 31.6 Å². The monoisotopic (exact) mass is 1000 g/mol. The number of rotatable bonds is 26. The van der Waals surface area contributed by atoms with Gasteiger partial charge in [-0.25, -0.2) is 0 Å².